The highest BCUT2D eigenvalue weighted by Gasteiger charge is 2.71. The van der Waals surface area contributed by atoms with Crippen molar-refractivity contribution in [1.29, 1.82) is 0 Å². The Morgan fingerprint density at radius 2 is 1.89 bits per heavy atom. The van der Waals surface area contributed by atoms with Crippen LogP contribution in [0.2, 0.25) is 0 Å². The molecule has 2 fully saturated rings. The largest absolute Gasteiger partial charge is 0.481 e. The molecule has 12 heteroatoms. The molecular weight excluding hydrogens is 604 g/mol. The van der Waals surface area contributed by atoms with Gasteiger partial charge in [0.05, 0.1) is 0 Å². The number of hydrogen-bond donors (Lipinski definition) is 3. The number of nitrogens with one attached hydrogen (secondary N) is 1. The number of aliphatic carboxylic acids is 1. The van der Waals surface area contributed by atoms with Crippen molar-refractivity contribution >= 4 is 26.1 Å². The van der Waals surface area contributed by atoms with Crippen LogP contribution in [0, 0.1) is 37.2 Å². The van der Waals surface area contributed by atoms with E-state index >= 15 is 8.78 Å². The third kappa shape index (κ3) is 6.44. The number of fused-ring (bicyclic) bond motifs is 1. The van der Waals surface area contributed by atoms with Crippen LogP contribution in [0.1, 0.15) is 48.9 Å². The van der Waals surface area contributed by atoms with Crippen LogP contribution in [0.3, 0.4) is 0 Å². The fourth-order valence-corrected chi connectivity index (χ4v) is 8.00. The minimum absolute atomic E-state index is 0.0926. The summed E-state index contributed by atoms with van der Waals surface area (Å²) in [4.78, 5) is 41.4. The summed E-state index contributed by atoms with van der Waals surface area (Å²) < 4.78 is 44.5. The van der Waals surface area contributed by atoms with Gasteiger partial charge in [-0.2, -0.15) is 0 Å². The van der Waals surface area contributed by atoms with Gasteiger partial charge in [0.2, 0.25) is 5.65 Å². The number of nitrogens with zero attached hydrogens (tertiary/aromatic N) is 2. The van der Waals surface area contributed by atoms with Crippen LogP contribution >= 0.6 is 8.58 Å². The van der Waals surface area contributed by atoms with Gasteiger partial charge in [0, 0.05) is 30.3 Å². The quantitative estimate of drug-likeness (QED) is 0.189. The van der Waals surface area contributed by atoms with Gasteiger partial charge in [-0.25, -0.2) is 22.4 Å². The second kappa shape index (κ2) is 12.7. The van der Waals surface area contributed by atoms with Crippen LogP contribution in [-0.4, -0.2) is 70.8 Å². The van der Waals surface area contributed by atoms with E-state index in [1.165, 1.54) is 18.2 Å². The Labute approximate surface area is 262 Å². The molecule has 240 valence electrons. The summed E-state index contributed by atoms with van der Waals surface area (Å²) in [6.45, 7) is 7.00. The number of rotatable bonds is 9. The maximum atomic E-state index is 15.6. The lowest BCUT2D eigenvalue weighted by Gasteiger charge is -2.36. The maximum absolute atomic E-state index is 15.6. The van der Waals surface area contributed by atoms with E-state index in [0.29, 0.717) is 29.7 Å². The number of carbonyl (C=O) groups excluding carboxylic acids is 2. The molecular formula is C33H39F3N4O4P+. The number of halogens is 3. The molecule has 0 aromatic heterocycles. The molecule has 0 aliphatic carbocycles. The third-order valence-corrected chi connectivity index (χ3v) is 10.2. The van der Waals surface area contributed by atoms with Crippen LogP contribution in [0.5, 0.6) is 0 Å². The van der Waals surface area contributed by atoms with Crippen molar-refractivity contribution in [3.05, 3.63) is 81.6 Å². The number of nitrogens with two attached hydrogens (primary N) is 1. The predicted molar refractivity (Wildman–Crippen MR) is 167 cm³/mol. The van der Waals surface area contributed by atoms with E-state index < -0.39 is 47.8 Å². The zero-order chi connectivity index (χ0) is 32.8. The van der Waals surface area contributed by atoms with E-state index in [1.807, 2.05) is 20.0 Å². The number of hydrogen-bond acceptors (Lipinski definition) is 5. The van der Waals surface area contributed by atoms with E-state index in [2.05, 4.69) is 10.2 Å². The summed E-state index contributed by atoms with van der Waals surface area (Å²) in [5.41, 5.74) is 9.07. The zero-order valence-electron chi connectivity index (χ0n) is 25.8. The number of allylic oxidation sites excluding steroid dienone is 1. The first-order valence-electron chi connectivity index (χ1n) is 15.0. The average molecular weight is 644 g/mol. The highest BCUT2D eigenvalue weighted by atomic mass is 31.1. The summed E-state index contributed by atoms with van der Waals surface area (Å²) >= 11 is 0. The predicted octanol–water partition coefficient (Wildman–Crippen LogP) is 5.49. The molecule has 2 aromatic rings. The molecule has 45 heavy (non-hydrogen) atoms. The molecule has 3 aliphatic rings. The molecule has 0 spiro atoms. The molecule has 8 nitrogen and oxygen atoms in total. The van der Waals surface area contributed by atoms with Crippen LogP contribution < -0.4 is 11.1 Å². The second-order valence-electron chi connectivity index (χ2n) is 12.7. The van der Waals surface area contributed by atoms with Crippen molar-refractivity contribution in [3.63, 3.8) is 0 Å². The highest BCUT2D eigenvalue weighted by Crippen LogP contribution is 2.53. The Bertz CT molecular complexity index is 1610. The Hall–Kier alpha value is -3.53. The molecule has 5 unspecified atom stereocenters. The van der Waals surface area contributed by atoms with Crippen molar-refractivity contribution in [1.82, 2.24) is 10.2 Å². The highest BCUT2D eigenvalue weighted by molar-refractivity contribution is 7.60. The molecule has 0 radical (unpaired) electrons. The first-order chi connectivity index (χ1) is 21.2. The molecule has 2 amide bonds. The van der Waals surface area contributed by atoms with Gasteiger partial charge < -0.3 is 21.1 Å². The van der Waals surface area contributed by atoms with Crippen LogP contribution in [0.4, 0.5) is 18.0 Å². The van der Waals surface area contributed by atoms with E-state index in [9.17, 15) is 23.9 Å². The fraction of sp³-hybridized carbons (Fsp3) is 0.424. The smallest absolute Gasteiger partial charge is 0.337 e. The van der Waals surface area contributed by atoms with Crippen molar-refractivity contribution < 1.29 is 37.1 Å². The molecule has 5 rings (SSSR count). The Balaban J connectivity index is 1.44. The van der Waals surface area contributed by atoms with Gasteiger partial charge in [-0.1, -0.05) is 18.8 Å². The van der Waals surface area contributed by atoms with Gasteiger partial charge in [0.1, 0.15) is 36.9 Å². The summed E-state index contributed by atoms with van der Waals surface area (Å²) in [5, 5.41) is 12.7. The van der Waals surface area contributed by atoms with Crippen molar-refractivity contribution in [2.45, 2.75) is 58.2 Å². The lowest BCUT2D eigenvalue weighted by atomic mass is 9.88. The van der Waals surface area contributed by atoms with Gasteiger partial charge >= 0.3 is 11.9 Å². The van der Waals surface area contributed by atoms with E-state index in [4.69, 9.17) is 5.73 Å². The zero-order valence-corrected chi connectivity index (χ0v) is 26.8. The molecule has 0 bridgehead atoms. The Morgan fingerprint density at radius 1 is 1.20 bits per heavy atom. The fourth-order valence-electron chi connectivity index (χ4n) is 7.30. The van der Waals surface area contributed by atoms with Crippen LogP contribution in [0.25, 0.3) is 11.1 Å². The van der Waals surface area contributed by atoms with Gasteiger partial charge in [-0.15, -0.1) is 0 Å². The number of benzene rings is 2. The summed E-state index contributed by atoms with van der Waals surface area (Å²) in [6.07, 6.45) is 2.36. The average Bonchev–Trinajstić information content (AvgIpc) is 3.71. The number of piperidine rings is 1. The standard InChI is InChI=1S/C33H38F3N4O4P/c1-17-11-26(38-33(44)45-8-6-20-5-7-39(4)15-25(20)37)32(43)40(16-28(17)40)27(14-29(41)42)23-12-21(13-24(35)31(23)36)30-18(2)9-22(34)10-19(30)3/h6,8-10,12-13,17,26-28,45H,5,7,11,14-16,37H2,1-4H3,(H-,38,41,42,44)/p+1/b8-6-/t17?,26-,27?,28?,40?/m0/s1. The lowest BCUT2D eigenvalue weighted by molar-refractivity contribution is -0.777. The molecule has 0 saturated carbocycles. The number of quaternary nitrogens is 1. The van der Waals surface area contributed by atoms with Gasteiger partial charge in [0.15, 0.2) is 11.6 Å². The molecule has 2 aromatic carbocycles. The summed E-state index contributed by atoms with van der Waals surface area (Å²) in [7, 11) is 1.71. The minimum Gasteiger partial charge on any atom is -0.481 e. The lowest BCUT2D eigenvalue weighted by Crippen LogP contribution is -2.56. The number of carboxylic acid groups (broad SMARTS) is 1. The normalized spacial score (nSPS) is 26.0. The first-order valence-corrected chi connectivity index (χ1v) is 16.1. The first kappa shape index (κ1) is 32.9. The maximum Gasteiger partial charge on any atom is 0.337 e. The second-order valence-corrected chi connectivity index (χ2v) is 13.7. The molecule has 2 saturated heterocycles. The molecule has 4 N–H and O–H groups in total. The summed E-state index contributed by atoms with van der Waals surface area (Å²) in [6, 6.07) is 2.55. The monoisotopic (exact) mass is 643 g/mol. The van der Waals surface area contributed by atoms with Crippen molar-refractivity contribution in [2.75, 3.05) is 26.7 Å². The number of likely N-dealkylation sites (N-methyl/N-ethyl adjacent to an activating group) is 1. The van der Waals surface area contributed by atoms with Gasteiger partial charge in [-0.05, 0) is 94.4 Å². The third-order valence-electron chi connectivity index (χ3n) is 9.47. The SMILES string of the molecule is Cc1cc(F)cc(C)c1-c1cc(F)c(F)c(C(CC(=O)O)[N+]23CC2C(C)C[C@H](NC(=O)P/C=C\C2=C(N)CN(C)CC2)C3=O)c1. The molecule has 6 atom stereocenters. The van der Waals surface area contributed by atoms with Crippen molar-refractivity contribution in [2.24, 2.45) is 11.7 Å². The number of carbonyl (C=O) groups is 3. The van der Waals surface area contributed by atoms with Crippen LogP contribution in [-0.2, 0) is 9.59 Å². The minimum atomic E-state index is -1.27. The number of aryl methyl sites for hydroxylation is 2. The van der Waals surface area contributed by atoms with Crippen LogP contribution in [0.15, 0.2) is 47.4 Å². The van der Waals surface area contributed by atoms with E-state index in [-0.39, 0.29) is 48.3 Å². The van der Waals surface area contributed by atoms with Gasteiger partial charge in [0.25, 0.3) is 0 Å². The molecule has 3 heterocycles. The topological polar surface area (TPSA) is 113 Å². The van der Waals surface area contributed by atoms with E-state index in [0.717, 1.165) is 30.3 Å². The van der Waals surface area contributed by atoms with Gasteiger partial charge in [-0.3, -0.25) is 9.59 Å². The molecule has 3 aliphatic heterocycles. The Kier molecular flexibility index (Phi) is 9.27. The summed E-state index contributed by atoms with van der Waals surface area (Å²) in [5.74, 6) is -2.91. The van der Waals surface area contributed by atoms with Crippen molar-refractivity contribution in [3.8, 4) is 11.1 Å². The number of amides is 2. The Morgan fingerprint density at radius 3 is 2.53 bits per heavy atom. The van der Waals surface area contributed by atoms with E-state index in [1.54, 1.807) is 19.7 Å². The number of carboxylic acids is 1.